The first kappa shape index (κ1) is 17.6. The van der Waals surface area contributed by atoms with Crippen LogP contribution in [0.25, 0.3) is 0 Å². The second-order valence-corrected chi connectivity index (χ2v) is 8.20. The molecular weight excluding hydrogens is 342 g/mol. The zero-order valence-corrected chi connectivity index (χ0v) is 15.0. The van der Waals surface area contributed by atoms with E-state index in [1.54, 1.807) is 18.3 Å². The number of aryl methyl sites for hydroxylation is 2. The fraction of sp³-hybridized carbons (Fsp3) is 0.412. The van der Waals surface area contributed by atoms with Crippen LogP contribution in [0.15, 0.2) is 29.3 Å². The first-order chi connectivity index (χ1) is 11.8. The maximum atomic E-state index is 12.8. The molecule has 0 saturated heterocycles. The van der Waals surface area contributed by atoms with Crippen LogP contribution in [0.2, 0.25) is 0 Å². The minimum absolute atomic E-state index is 0.216. The van der Waals surface area contributed by atoms with Crippen molar-refractivity contribution in [3.05, 3.63) is 46.8 Å². The lowest BCUT2D eigenvalue weighted by Gasteiger charge is -2.24. The minimum atomic E-state index is -3.66. The molecule has 25 heavy (non-hydrogen) atoms. The van der Waals surface area contributed by atoms with Crippen LogP contribution in [0.4, 0.5) is 0 Å². The van der Waals surface area contributed by atoms with Gasteiger partial charge in [0.1, 0.15) is 6.54 Å². The van der Waals surface area contributed by atoms with Crippen LogP contribution in [-0.4, -0.2) is 29.3 Å². The fourth-order valence-electron chi connectivity index (χ4n) is 3.35. The lowest BCUT2D eigenvalue weighted by atomic mass is 9.94. The molecule has 1 unspecified atom stereocenters. The van der Waals surface area contributed by atoms with Gasteiger partial charge in [-0.25, -0.2) is 13.1 Å². The summed E-state index contributed by atoms with van der Waals surface area (Å²) >= 11 is 0. The average Bonchev–Trinajstić information content (AvgIpc) is 2.89. The van der Waals surface area contributed by atoms with Crippen LogP contribution in [0.3, 0.4) is 0 Å². The number of nitrogens with zero attached hydrogens (tertiary/aromatic N) is 2. The van der Waals surface area contributed by atoms with Crippen molar-refractivity contribution in [1.29, 1.82) is 0 Å². The highest BCUT2D eigenvalue weighted by molar-refractivity contribution is 7.89. The van der Waals surface area contributed by atoms with Crippen LogP contribution in [-0.2, 0) is 27.8 Å². The standard InChI is InChI=1S/C17H21N3O4S/c1-11-6-12(2)8-13(7-11)25(23,24)19-15-4-3-5-16-14(15)9-18-20(16)10-17(21)22/h6-9,15,19H,3-5,10H2,1-2H3,(H,21,22). The molecular formula is C17H21N3O4S. The second-order valence-electron chi connectivity index (χ2n) is 6.49. The first-order valence-corrected chi connectivity index (χ1v) is 9.61. The van der Waals surface area contributed by atoms with E-state index in [0.717, 1.165) is 28.8 Å². The molecule has 0 radical (unpaired) electrons. The number of sulfonamides is 1. The highest BCUT2D eigenvalue weighted by Crippen LogP contribution is 2.31. The molecule has 0 spiro atoms. The normalized spacial score (nSPS) is 17.3. The number of carbonyl (C=O) groups is 1. The van der Waals surface area contributed by atoms with Crippen molar-refractivity contribution in [2.75, 3.05) is 0 Å². The molecule has 0 saturated carbocycles. The van der Waals surface area contributed by atoms with Gasteiger partial charge in [-0.3, -0.25) is 9.48 Å². The Morgan fingerprint density at radius 1 is 1.32 bits per heavy atom. The predicted molar refractivity (Wildman–Crippen MR) is 91.8 cm³/mol. The second kappa shape index (κ2) is 6.61. The van der Waals surface area contributed by atoms with E-state index in [1.165, 1.54) is 4.68 Å². The van der Waals surface area contributed by atoms with E-state index < -0.39 is 22.0 Å². The number of aliphatic carboxylic acids is 1. The van der Waals surface area contributed by atoms with Gasteiger partial charge in [-0.05, 0) is 56.4 Å². The van der Waals surface area contributed by atoms with Gasteiger partial charge >= 0.3 is 5.97 Å². The number of carboxylic acid groups (broad SMARTS) is 1. The summed E-state index contributed by atoms with van der Waals surface area (Å²) in [7, 11) is -3.66. The van der Waals surface area contributed by atoms with Gasteiger partial charge in [0.05, 0.1) is 17.1 Å². The first-order valence-electron chi connectivity index (χ1n) is 8.13. The molecule has 0 aliphatic heterocycles. The maximum Gasteiger partial charge on any atom is 0.325 e. The molecule has 134 valence electrons. The highest BCUT2D eigenvalue weighted by atomic mass is 32.2. The summed E-state index contributed by atoms with van der Waals surface area (Å²) < 4.78 is 29.7. The Labute approximate surface area is 146 Å². The molecule has 2 N–H and O–H groups in total. The third kappa shape index (κ3) is 3.74. The Morgan fingerprint density at radius 2 is 2.00 bits per heavy atom. The Kier molecular flexibility index (Phi) is 4.66. The van der Waals surface area contributed by atoms with Gasteiger partial charge in [0.2, 0.25) is 10.0 Å². The molecule has 8 heteroatoms. The van der Waals surface area contributed by atoms with Gasteiger partial charge in [-0.15, -0.1) is 0 Å². The molecule has 3 rings (SSSR count). The lowest BCUT2D eigenvalue weighted by Crippen LogP contribution is -2.31. The predicted octanol–water partition coefficient (Wildman–Crippen LogP) is 1.94. The number of rotatable bonds is 5. The van der Waals surface area contributed by atoms with Crippen molar-refractivity contribution in [3.8, 4) is 0 Å². The number of aromatic nitrogens is 2. The smallest absolute Gasteiger partial charge is 0.325 e. The van der Waals surface area contributed by atoms with E-state index in [9.17, 15) is 13.2 Å². The molecule has 2 aromatic rings. The van der Waals surface area contributed by atoms with E-state index in [0.29, 0.717) is 12.8 Å². The highest BCUT2D eigenvalue weighted by Gasteiger charge is 2.29. The van der Waals surface area contributed by atoms with E-state index in [1.807, 2.05) is 19.9 Å². The number of hydrogen-bond acceptors (Lipinski definition) is 4. The van der Waals surface area contributed by atoms with Crippen molar-refractivity contribution in [2.24, 2.45) is 0 Å². The molecule has 1 atom stereocenters. The van der Waals surface area contributed by atoms with Gasteiger partial charge in [-0.2, -0.15) is 5.10 Å². The molecule has 0 amide bonds. The van der Waals surface area contributed by atoms with Gasteiger partial charge in [0, 0.05) is 11.3 Å². The quantitative estimate of drug-likeness (QED) is 0.845. The summed E-state index contributed by atoms with van der Waals surface area (Å²) in [5, 5.41) is 13.1. The Hall–Kier alpha value is -2.19. The molecule has 1 aromatic heterocycles. The van der Waals surface area contributed by atoms with Crippen molar-refractivity contribution in [3.63, 3.8) is 0 Å². The summed E-state index contributed by atoms with van der Waals surface area (Å²) in [4.78, 5) is 11.2. The van der Waals surface area contributed by atoms with Gasteiger partial charge < -0.3 is 5.11 Å². The van der Waals surface area contributed by atoms with Crippen molar-refractivity contribution < 1.29 is 18.3 Å². The van der Waals surface area contributed by atoms with Crippen LogP contribution in [0, 0.1) is 13.8 Å². The third-order valence-corrected chi connectivity index (χ3v) is 5.80. The number of fused-ring (bicyclic) bond motifs is 1. The van der Waals surface area contributed by atoms with E-state index in [-0.39, 0.29) is 11.4 Å². The van der Waals surface area contributed by atoms with Crippen LogP contribution in [0.5, 0.6) is 0 Å². The Morgan fingerprint density at radius 3 is 2.64 bits per heavy atom. The average molecular weight is 363 g/mol. The number of hydrogen-bond donors (Lipinski definition) is 2. The summed E-state index contributed by atoms with van der Waals surface area (Å²) in [6, 6.07) is 4.82. The monoisotopic (exact) mass is 363 g/mol. The Bertz CT molecular complexity index is 898. The minimum Gasteiger partial charge on any atom is -0.480 e. The van der Waals surface area contributed by atoms with Crippen molar-refractivity contribution in [1.82, 2.24) is 14.5 Å². The molecule has 1 aliphatic rings. The van der Waals surface area contributed by atoms with Crippen molar-refractivity contribution >= 4 is 16.0 Å². The fourth-order valence-corrected chi connectivity index (χ4v) is 4.79. The number of benzene rings is 1. The zero-order chi connectivity index (χ0) is 18.2. The lowest BCUT2D eigenvalue weighted by molar-refractivity contribution is -0.137. The molecule has 1 heterocycles. The maximum absolute atomic E-state index is 12.8. The van der Waals surface area contributed by atoms with Crippen LogP contribution in [0.1, 0.15) is 41.3 Å². The van der Waals surface area contributed by atoms with Gasteiger partial charge in [-0.1, -0.05) is 6.07 Å². The van der Waals surface area contributed by atoms with E-state index >= 15 is 0 Å². The van der Waals surface area contributed by atoms with Crippen LogP contribution >= 0.6 is 0 Å². The molecule has 1 aliphatic carbocycles. The van der Waals surface area contributed by atoms with E-state index in [2.05, 4.69) is 9.82 Å². The summed E-state index contributed by atoms with van der Waals surface area (Å²) in [6.45, 7) is 3.51. The van der Waals surface area contributed by atoms with E-state index in [4.69, 9.17) is 5.11 Å². The van der Waals surface area contributed by atoms with Gasteiger partial charge in [0.15, 0.2) is 0 Å². The summed E-state index contributed by atoms with van der Waals surface area (Å²) in [5.74, 6) is -0.969. The SMILES string of the molecule is Cc1cc(C)cc(S(=O)(=O)NC2CCCc3c2cnn3CC(=O)O)c1. The number of carboxylic acids is 1. The summed E-state index contributed by atoms with van der Waals surface area (Å²) in [6.07, 6.45) is 3.71. The largest absolute Gasteiger partial charge is 0.480 e. The Balaban J connectivity index is 1.89. The number of nitrogens with one attached hydrogen (secondary N) is 1. The van der Waals surface area contributed by atoms with Crippen molar-refractivity contribution in [2.45, 2.75) is 50.6 Å². The zero-order valence-electron chi connectivity index (χ0n) is 14.2. The van der Waals surface area contributed by atoms with Gasteiger partial charge in [0.25, 0.3) is 0 Å². The molecule has 0 bridgehead atoms. The molecule has 1 aromatic carbocycles. The summed E-state index contributed by atoms with van der Waals surface area (Å²) in [5.41, 5.74) is 3.33. The molecule has 0 fully saturated rings. The topological polar surface area (TPSA) is 101 Å². The third-order valence-electron chi connectivity index (χ3n) is 4.35. The van der Waals surface area contributed by atoms with Crippen LogP contribution < -0.4 is 4.72 Å². The molecule has 7 nitrogen and oxygen atoms in total.